The standard InChI is InChI=1S/C47H84O14P2/c1-4-6-34-43(48)35-30-26-22-18-14-11-12-16-20-24-28-32-37-47(51)61-45(41-60-63(55,56)59-39-44(49)38-58-62(52,53)54)40-57-46(50)36-31-27-23-19-15-10-8-7-9-13-17-21-25-29-33-42(3)5-2/h6,11-12,18,20,22,24,26,30,34,42-45,48-49H,4-5,7-10,13-17,19,21,23,25,27-29,31-33,35-41H2,1-3H3,(H,55,56)(H2,52,53,54)/b12-11-,22-18-,24-20-,30-26+,34-6-/t42?,43?,44-,45+/m0/s1. The van der Waals surface area contributed by atoms with E-state index in [1.165, 1.54) is 77.0 Å². The molecule has 0 aromatic rings. The van der Waals surface area contributed by atoms with Gasteiger partial charge in [-0.25, -0.2) is 9.13 Å². The predicted octanol–water partition coefficient (Wildman–Crippen LogP) is 11.2. The van der Waals surface area contributed by atoms with Crippen LogP contribution in [0.1, 0.15) is 175 Å². The van der Waals surface area contributed by atoms with Crippen LogP contribution in [0, 0.1) is 5.92 Å². The highest BCUT2D eigenvalue weighted by Gasteiger charge is 2.28. The van der Waals surface area contributed by atoms with Gasteiger partial charge in [-0.05, 0) is 50.9 Å². The summed E-state index contributed by atoms with van der Waals surface area (Å²) in [4.78, 5) is 52.8. The first-order valence-electron chi connectivity index (χ1n) is 23.5. The van der Waals surface area contributed by atoms with Gasteiger partial charge < -0.3 is 34.4 Å². The maximum absolute atomic E-state index is 12.7. The van der Waals surface area contributed by atoms with Crippen molar-refractivity contribution in [3.63, 3.8) is 0 Å². The van der Waals surface area contributed by atoms with Gasteiger partial charge in [0.05, 0.1) is 25.9 Å². The number of phosphoric ester groups is 2. The Kier molecular flexibility index (Phi) is 39.8. The minimum Gasteiger partial charge on any atom is -0.462 e. The van der Waals surface area contributed by atoms with Gasteiger partial charge in [0.25, 0.3) is 0 Å². The summed E-state index contributed by atoms with van der Waals surface area (Å²) in [5, 5.41) is 19.5. The van der Waals surface area contributed by atoms with Gasteiger partial charge in [-0.15, -0.1) is 0 Å². The molecule has 0 aliphatic carbocycles. The normalized spacial score (nSPS) is 15.5. The molecule has 0 saturated heterocycles. The highest BCUT2D eigenvalue weighted by atomic mass is 31.2. The highest BCUT2D eigenvalue weighted by molar-refractivity contribution is 7.47. The second-order valence-corrected chi connectivity index (χ2v) is 18.8. The number of hydrogen-bond donors (Lipinski definition) is 5. The van der Waals surface area contributed by atoms with E-state index in [4.69, 9.17) is 23.8 Å². The minimum atomic E-state index is -4.88. The minimum absolute atomic E-state index is 0.0344. The summed E-state index contributed by atoms with van der Waals surface area (Å²) in [7, 11) is -9.71. The molecule has 0 heterocycles. The molecule has 0 aliphatic heterocycles. The lowest BCUT2D eigenvalue weighted by Crippen LogP contribution is -2.29. The molecule has 366 valence electrons. The number of carbonyl (C=O) groups is 2. The number of phosphoric acid groups is 2. The van der Waals surface area contributed by atoms with E-state index in [-0.39, 0.29) is 12.8 Å². The van der Waals surface area contributed by atoms with Crippen molar-refractivity contribution in [2.75, 3.05) is 26.4 Å². The third kappa shape index (κ3) is 44.8. The third-order valence-electron chi connectivity index (χ3n) is 10.0. The molecule has 16 heteroatoms. The number of rotatable bonds is 43. The van der Waals surface area contributed by atoms with Crippen LogP contribution in [0.15, 0.2) is 60.8 Å². The first-order valence-corrected chi connectivity index (χ1v) is 26.5. The van der Waals surface area contributed by atoms with Gasteiger partial charge in [0.15, 0.2) is 6.10 Å². The van der Waals surface area contributed by atoms with Crippen LogP contribution in [-0.4, -0.2) is 81.6 Å². The van der Waals surface area contributed by atoms with E-state index < -0.39 is 72.3 Å². The lowest BCUT2D eigenvalue weighted by Gasteiger charge is -2.20. The molecular weight excluding hydrogens is 850 g/mol. The molecule has 5 atom stereocenters. The van der Waals surface area contributed by atoms with Gasteiger partial charge in [-0.3, -0.25) is 23.2 Å². The highest BCUT2D eigenvalue weighted by Crippen LogP contribution is 2.43. The predicted molar refractivity (Wildman–Crippen MR) is 250 cm³/mol. The molecule has 0 amide bonds. The van der Waals surface area contributed by atoms with Crippen molar-refractivity contribution in [3.8, 4) is 0 Å². The lowest BCUT2D eigenvalue weighted by molar-refractivity contribution is -0.161. The summed E-state index contributed by atoms with van der Waals surface area (Å²) < 4.78 is 47.8. The van der Waals surface area contributed by atoms with Gasteiger partial charge in [-0.1, -0.05) is 178 Å². The van der Waals surface area contributed by atoms with Gasteiger partial charge in [-0.2, -0.15) is 0 Å². The molecule has 0 fully saturated rings. The number of esters is 2. The molecule has 3 unspecified atom stereocenters. The molecule has 0 saturated carbocycles. The van der Waals surface area contributed by atoms with Crippen molar-refractivity contribution in [1.29, 1.82) is 0 Å². The number of hydrogen-bond acceptors (Lipinski definition) is 11. The summed E-state index contributed by atoms with van der Waals surface area (Å²) in [5.74, 6) is -0.265. The largest absolute Gasteiger partial charge is 0.472 e. The summed E-state index contributed by atoms with van der Waals surface area (Å²) >= 11 is 0. The number of allylic oxidation sites excluding steroid dienone is 8. The van der Waals surface area contributed by atoms with E-state index in [9.17, 15) is 33.8 Å². The molecule has 0 rings (SSSR count). The van der Waals surface area contributed by atoms with Crippen molar-refractivity contribution in [3.05, 3.63) is 60.8 Å². The second-order valence-electron chi connectivity index (χ2n) is 16.1. The van der Waals surface area contributed by atoms with Crippen molar-refractivity contribution in [2.24, 2.45) is 5.92 Å². The summed E-state index contributed by atoms with van der Waals surface area (Å²) in [6.07, 6.45) is 39.8. The average Bonchev–Trinajstić information content (AvgIpc) is 3.24. The molecule has 0 bridgehead atoms. The van der Waals surface area contributed by atoms with Gasteiger partial charge in [0, 0.05) is 12.8 Å². The zero-order valence-corrected chi connectivity index (χ0v) is 40.5. The number of aliphatic hydroxyl groups is 2. The molecule has 0 spiro atoms. The smallest absolute Gasteiger partial charge is 0.462 e. The molecular formula is C47H84O14P2. The van der Waals surface area contributed by atoms with Gasteiger partial charge in [0.2, 0.25) is 0 Å². The van der Waals surface area contributed by atoms with Crippen LogP contribution in [0.5, 0.6) is 0 Å². The second kappa shape index (κ2) is 41.2. The van der Waals surface area contributed by atoms with Crippen molar-refractivity contribution in [1.82, 2.24) is 0 Å². The van der Waals surface area contributed by atoms with Crippen LogP contribution in [0.2, 0.25) is 0 Å². The monoisotopic (exact) mass is 935 g/mol. The topological polar surface area (TPSA) is 216 Å². The van der Waals surface area contributed by atoms with E-state index in [1.807, 2.05) is 61.6 Å². The third-order valence-corrected chi connectivity index (χ3v) is 11.5. The van der Waals surface area contributed by atoms with Crippen molar-refractivity contribution >= 4 is 27.6 Å². The van der Waals surface area contributed by atoms with E-state index in [1.54, 1.807) is 6.08 Å². The lowest BCUT2D eigenvalue weighted by atomic mass is 9.99. The molecule has 5 N–H and O–H groups in total. The first kappa shape index (κ1) is 60.8. The maximum atomic E-state index is 12.7. The fraction of sp³-hybridized carbons (Fsp3) is 0.745. The first-order chi connectivity index (χ1) is 30.2. The summed E-state index contributed by atoms with van der Waals surface area (Å²) in [6.45, 7) is 3.82. The quantitative estimate of drug-likeness (QED) is 0.0126. The number of carbonyl (C=O) groups excluding carboxylic acids is 2. The Hall–Kier alpha value is -2.22. The Bertz CT molecular complexity index is 1380. The fourth-order valence-electron chi connectivity index (χ4n) is 6.09. The number of aliphatic hydroxyl groups excluding tert-OH is 2. The maximum Gasteiger partial charge on any atom is 0.472 e. The summed E-state index contributed by atoms with van der Waals surface area (Å²) in [5.41, 5.74) is 0. The van der Waals surface area contributed by atoms with Crippen LogP contribution in [0.25, 0.3) is 0 Å². The molecule has 0 aliphatic rings. The van der Waals surface area contributed by atoms with Crippen LogP contribution in [0.3, 0.4) is 0 Å². The van der Waals surface area contributed by atoms with Gasteiger partial charge >= 0.3 is 27.6 Å². The van der Waals surface area contributed by atoms with E-state index >= 15 is 0 Å². The Morgan fingerprint density at radius 2 is 1.11 bits per heavy atom. The van der Waals surface area contributed by atoms with Crippen LogP contribution >= 0.6 is 15.6 Å². The Labute approximate surface area is 379 Å². The van der Waals surface area contributed by atoms with Crippen LogP contribution in [-0.2, 0) is 41.8 Å². The zero-order valence-electron chi connectivity index (χ0n) is 38.7. The molecule has 0 aromatic heterocycles. The Morgan fingerprint density at radius 3 is 1.71 bits per heavy atom. The van der Waals surface area contributed by atoms with E-state index in [0.29, 0.717) is 25.7 Å². The molecule has 0 radical (unpaired) electrons. The number of ether oxygens (including phenoxy) is 2. The molecule has 63 heavy (non-hydrogen) atoms. The van der Waals surface area contributed by atoms with Crippen molar-refractivity contribution < 1.29 is 66.7 Å². The van der Waals surface area contributed by atoms with Crippen LogP contribution in [0.4, 0.5) is 0 Å². The van der Waals surface area contributed by atoms with Crippen molar-refractivity contribution in [2.45, 2.75) is 193 Å². The SMILES string of the molecule is CC/C=C\C(O)C/C=C/C=C\C/C=C\C/C=C\CCCC(=O)O[C@H](COC(=O)CCCCCCCCCCCCCCCCC(C)CC)COP(=O)(O)OC[C@@H](O)COP(=O)(O)O. The molecule has 0 aromatic carbocycles. The van der Waals surface area contributed by atoms with E-state index in [2.05, 4.69) is 22.9 Å². The van der Waals surface area contributed by atoms with Gasteiger partial charge in [0.1, 0.15) is 12.7 Å². The average molecular weight is 935 g/mol. The Morgan fingerprint density at radius 1 is 0.587 bits per heavy atom. The van der Waals surface area contributed by atoms with Crippen LogP contribution < -0.4 is 0 Å². The Balaban J connectivity index is 4.58. The van der Waals surface area contributed by atoms with E-state index in [0.717, 1.165) is 44.4 Å². The zero-order chi connectivity index (χ0) is 46.9. The summed E-state index contributed by atoms with van der Waals surface area (Å²) in [6, 6.07) is 0. The molecule has 14 nitrogen and oxygen atoms in total. The number of unbranched alkanes of at least 4 members (excludes halogenated alkanes) is 14. The fourth-order valence-corrected chi connectivity index (χ4v) is 7.24.